The molecule has 0 unspecified atom stereocenters. The summed E-state index contributed by atoms with van der Waals surface area (Å²) in [6.07, 6.45) is 5.26. The summed E-state index contributed by atoms with van der Waals surface area (Å²) in [6.45, 7) is 1.41. The third kappa shape index (κ3) is 3.51. The second-order valence-corrected chi connectivity index (χ2v) is 5.98. The summed E-state index contributed by atoms with van der Waals surface area (Å²) in [7, 11) is 0. The largest absolute Gasteiger partial charge is 0.473 e. The zero-order valence-corrected chi connectivity index (χ0v) is 14.0. The van der Waals surface area contributed by atoms with Crippen molar-refractivity contribution in [3.63, 3.8) is 0 Å². The van der Waals surface area contributed by atoms with E-state index in [9.17, 15) is 5.26 Å². The maximum absolute atomic E-state index is 9.26. The number of benzene rings is 1. The fourth-order valence-corrected chi connectivity index (χ4v) is 2.89. The number of aromatic nitrogens is 4. The number of H-pyrrole nitrogens is 1. The lowest BCUT2D eigenvalue weighted by molar-refractivity contribution is -0.137. The van der Waals surface area contributed by atoms with Gasteiger partial charge < -0.3 is 14.4 Å². The molecule has 0 bridgehead atoms. The molecule has 0 radical (unpaired) electrons. The van der Waals surface area contributed by atoms with Crippen LogP contribution in [0.25, 0.3) is 22.4 Å². The Kier molecular flexibility index (Phi) is 4.76. The van der Waals surface area contributed by atoms with Crippen molar-refractivity contribution < 1.29 is 19.6 Å². The smallest absolute Gasteiger partial charge is 0.233 e. The summed E-state index contributed by atoms with van der Waals surface area (Å²) in [6, 6.07) is 8.99. The van der Waals surface area contributed by atoms with Crippen LogP contribution in [-0.2, 0) is 4.74 Å². The Hall–Kier alpha value is -2.97. The number of ether oxygens (including phenoxy) is 2. The number of nitrogens with zero attached hydrogens (tertiary/aromatic N) is 3. The minimum Gasteiger partial charge on any atom is -0.473 e. The van der Waals surface area contributed by atoms with Gasteiger partial charge in [-0.25, -0.2) is 5.26 Å². The van der Waals surface area contributed by atoms with E-state index >= 15 is 0 Å². The summed E-state index contributed by atoms with van der Waals surface area (Å²) in [5.41, 5.74) is 2.96. The first kappa shape index (κ1) is 16.5. The van der Waals surface area contributed by atoms with Gasteiger partial charge in [-0.2, -0.15) is 5.10 Å². The van der Waals surface area contributed by atoms with Crippen molar-refractivity contribution in [2.24, 2.45) is 0 Å². The van der Waals surface area contributed by atoms with Crippen molar-refractivity contribution in [3.8, 4) is 34.0 Å². The fourth-order valence-electron chi connectivity index (χ4n) is 2.89. The van der Waals surface area contributed by atoms with E-state index in [2.05, 4.69) is 25.3 Å². The summed E-state index contributed by atoms with van der Waals surface area (Å²) >= 11 is 0. The van der Waals surface area contributed by atoms with Crippen LogP contribution in [0.3, 0.4) is 0 Å². The highest BCUT2D eigenvalue weighted by Crippen LogP contribution is 2.33. The van der Waals surface area contributed by atoms with Crippen LogP contribution >= 0.6 is 0 Å². The topological polar surface area (TPSA) is 102 Å². The normalized spacial score (nSPS) is 15.0. The third-order valence-corrected chi connectivity index (χ3v) is 4.28. The van der Waals surface area contributed by atoms with Gasteiger partial charge in [-0.1, -0.05) is 6.07 Å². The first-order valence-corrected chi connectivity index (χ1v) is 8.36. The van der Waals surface area contributed by atoms with Gasteiger partial charge in [-0.3, -0.25) is 5.10 Å². The number of nitrogens with one attached hydrogen (secondary N) is 1. The Labute approximate surface area is 149 Å². The molecule has 4 rings (SSSR count). The highest BCUT2D eigenvalue weighted by Gasteiger charge is 2.17. The molecule has 0 amide bonds. The first-order chi connectivity index (χ1) is 12.8. The molecule has 3 aromatic rings. The van der Waals surface area contributed by atoms with Crippen LogP contribution < -0.4 is 9.62 Å². The molecule has 134 valence electrons. The van der Waals surface area contributed by atoms with Crippen molar-refractivity contribution >= 4 is 0 Å². The van der Waals surface area contributed by atoms with Crippen LogP contribution in [0, 0.1) is 0 Å². The van der Waals surface area contributed by atoms with Crippen LogP contribution in [0.4, 0.5) is 0 Å². The van der Waals surface area contributed by atoms with Gasteiger partial charge in [-0.05, 0) is 23.8 Å². The monoisotopic (exact) mass is 354 g/mol. The van der Waals surface area contributed by atoms with Crippen molar-refractivity contribution in [1.29, 1.82) is 0 Å². The number of aromatic amines is 1. The minimum absolute atomic E-state index is 0.106. The molecule has 1 fully saturated rings. The van der Waals surface area contributed by atoms with Gasteiger partial charge in [0.25, 0.3) is 0 Å². The molecule has 1 aromatic carbocycles. The lowest BCUT2D eigenvalue weighted by Crippen LogP contribution is -2.26. The SMILES string of the molecule is OOc1cc(-c2cn[nH]c2)ccc1-c1ccc(OC2CCOCC2)nn1. The van der Waals surface area contributed by atoms with Crippen molar-refractivity contribution in [3.05, 3.63) is 42.7 Å². The molecule has 2 aromatic heterocycles. The Bertz CT molecular complexity index is 846. The first-order valence-electron chi connectivity index (χ1n) is 8.36. The molecule has 1 aliphatic rings. The molecule has 8 heteroatoms. The highest BCUT2D eigenvalue weighted by atomic mass is 17.1. The number of rotatable bonds is 5. The molecule has 8 nitrogen and oxygen atoms in total. The molecule has 0 atom stereocenters. The van der Waals surface area contributed by atoms with Crippen molar-refractivity contribution in [2.45, 2.75) is 18.9 Å². The van der Waals surface area contributed by atoms with Crippen molar-refractivity contribution in [2.75, 3.05) is 13.2 Å². The second-order valence-electron chi connectivity index (χ2n) is 5.98. The zero-order chi connectivity index (χ0) is 17.8. The van der Waals surface area contributed by atoms with Gasteiger partial charge >= 0.3 is 0 Å². The van der Waals surface area contributed by atoms with Crippen LogP contribution in [0.1, 0.15) is 12.8 Å². The van der Waals surface area contributed by atoms with Gasteiger partial charge in [0.1, 0.15) is 6.10 Å². The quantitative estimate of drug-likeness (QED) is 0.536. The molecule has 0 aliphatic carbocycles. The van der Waals surface area contributed by atoms with E-state index in [0.717, 1.165) is 24.0 Å². The van der Waals surface area contributed by atoms with E-state index in [-0.39, 0.29) is 11.9 Å². The van der Waals surface area contributed by atoms with E-state index in [1.807, 2.05) is 12.1 Å². The van der Waals surface area contributed by atoms with Crippen LogP contribution in [-0.4, -0.2) is 45.0 Å². The van der Waals surface area contributed by atoms with Gasteiger partial charge in [0.05, 0.1) is 25.1 Å². The predicted octanol–water partition coefficient (Wildman–Crippen LogP) is 2.94. The average molecular weight is 354 g/mol. The molecular weight excluding hydrogens is 336 g/mol. The molecule has 1 saturated heterocycles. The molecule has 0 saturated carbocycles. The molecule has 0 spiro atoms. The maximum atomic E-state index is 9.26. The lowest BCUT2D eigenvalue weighted by Gasteiger charge is -2.22. The van der Waals surface area contributed by atoms with Crippen molar-refractivity contribution in [1.82, 2.24) is 20.4 Å². The van der Waals surface area contributed by atoms with Gasteiger partial charge in [0.15, 0.2) is 5.75 Å². The van der Waals surface area contributed by atoms with Crippen LogP contribution in [0.15, 0.2) is 42.7 Å². The average Bonchev–Trinajstić information content (AvgIpc) is 3.24. The second kappa shape index (κ2) is 7.51. The molecule has 1 aliphatic heterocycles. The van der Waals surface area contributed by atoms with Gasteiger partial charge in [0.2, 0.25) is 5.88 Å². The predicted molar refractivity (Wildman–Crippen MR) is 92.8 cm³/mol. The van der Waals surface area contributed by atoms with E-state index in [4.69, 9.17) is 9.47 Å². The van der Waals surface area contributed by atoms with Crippen LogP contribution in [0.2, 0.25) is 0 Å². The van der Waals surface area contributed by atoms with E-state index in [1.54, 1.807) is 30.6 Å². The molecule has 26 heavy (non-hydrogen) atoms. The molecular formula is C18H18N4O4. The Morgan fingerprint density at radius 2 is 1.96 bits per heavy atom. The van der Waals surface area contributed by atoms with E-state index < -0.39 is 0 Å². The summed E-state index contributed by atoms with van der Waals surface area (Å²) < 4.78 is 11.1. The maximum Gasteiger partial charge on any atom is 0.233 e. The highest BCUT2D eigenvalue weighted by molar-refractivity contribution is 5.73. The summed E-state index contributed by atoms with van der Waals surface area (Å²) in [5.74, 6) is 0.762. The fraction of sp³-hybridized carbons (Fsp3) is 0.278. The molecule has 2 N–H and O–H groups in total. The number of hydrogen-bond acceptors (Lipinski definition) is 7. The Morgan fingerprint density at radius 3 is 2.65 bits per heavy atom. The number of hydrogen-bond donors (Lipinski definition) is 2. The van der Waals surface area contributed by atoms with E-state index in [0.29, 0.717) is 30.4 Å². The van der Waals surface area contributed by atoms with Gasteiger partial charge in [0, 0.05) is 36.2 Å². The standard InChI is InChI=1S/C18H18N4O4/c23-26-17-9-12(13-10-19-20-11-13)1-2-15(17)16-3-4-18(22-21-16)25-14-5-7-24-8-6-14/h1-4,9-11,14,23H,5-8H2,(H,19,20). The van der Waals surface area contributed by atoms with E-state index in [1.165, 1.54) is 0 Å². The third-order valence-electron chi connectivity index (χ3n) is 4.28. The van der Waals surface area contributed by atoms with Gasteiger partial charge in [-0.15, -0.1) is 10.2 Å². The minimum atomic E-state index is 0.106. The summed E-state index contributed by atoms with van der Waals surface area (Å²) in [5, 5.41) is 24.3. The molecule has 3 heterocycles. The van der Waals surface area contributed by atoms with Crippen LogP contribution in [0.5, 0.6) is 11.6 Å². The zero-order valence-electron chi connectivity index (χ0n) is 14.0. The Morgan fingerprint density at radius 1 is 1.08 bits per heavy atom. The Balaban J connectivity index is 1.55. The lowest BCUT2D eigenvalue weighted by atomic mass is 10.0. The summed E-state index contributed by atoms with van der Waals surface area (Å²) in [4.78, 5) is 4.55.